The van der Waals surface area contributed by atoms with Gasteiger partial charge >= 0.3 is 0 Å². The third kappa shape index (κ3) is 3.50. The summed E-state index contributed by atoms with van der Waals surface area (Å²) in [5.74, 6) is 1.30. The topological polar surface area (TPSA) is 38.5 Å². The van der Waals surface area contributed by atoms with Crippen LogP contribution in [0.15, 0.2) is 0 Å². The number of hydrogen-bond acceptors (Lipinski definition) is 3. The van der Waals surface area contributed by atoms with E-state index in [4.69, 9.17) is 10.5 Å². The zero-order valence-corrected chi connectivity index (χ0v) is 13.2. The van der Waals surface area contributed by atoms with Gasteiger partial charge < -0.3 is 10.5 Å². The first-order valence-corrected chi connectivity index (χ1v) is 8.07. The van der Waals surface area contributed by atoms with Crippen LogP contribution in [0.4, 0.5) is 0 Å². The van der Waals surface area contributed by atoms with E-state index in [2.05, 4.69) is 32.6 Å². The van der Waals surface area contributed by atoms with Crippen molar-refractivity contribution in [3.8, 4) is 0 Å². The maximum Gasteiger partial charge on any atom is 0.0616 e. The van der Waals surface area contributed by atoms with Crippen molar-refractivity contribution >= 4 is 0 Å². The average Bonchev–Trinajstić information content (AvgIpc) is 3.20. The van der Waals surface area contributed by atoms with Gasteiger partial charge in [0.25, 0.3) is 0 Å². The van der Waals surface area contributed by atoms with Crippen molar-refractivity contribution in [1.82, 2.24) is 4.90 Å². The number of hydrogen-bond donors (Lipinski definition) is 1. The summed E-state index contributed by atoms with van der Waals surface area (Å²) in [5, 5.41) is 0. The van der Waals surface area contributed by atoms with Gasteiger partial charge in [-0.2, -0.15) is 0 Å². The lowest BCUT2D eigenvalue weighted by atomic mass is 9.81. The second-order valence-corrected chi connectivity index (χ2v) is 7.31. The number of nitrogens with zero attached hydrogens (tertiary/aromatic N) is 1. The summed E-state index contributed by atoms with van der Waals surface area (Å²) in [6, 6.07) is 0.789. The van der Waals surface area contributed by atoms with E-state index in [9.17, 15) is 0 Å². The predicted molar refractivity (Wildman–Crippen MR) is 80.2 cm³/mol. The lowest BCUT2D eigenvalue weighted by Gasteiger charge is -2.50. The van der Waals surface area contributed by atoms with E-state index in [0.29, 0.717) is 17.9 Å². The number of nitrogens with two attached hydrogens (primary N) is 1. The van der Waals surface area contributed by atoms with Gasteiger partial charge in [0.05, 0.1) is 6.10 Å². The first-order valence-electron chi connectivity index (χ1n) is 8.07. The average molecular weight is 268 g/mol. The van der Waals surface area contributed by atoms with Crippen molar-refractivity contribution in [1.29, 1.82) is 0 Å². The molecular formula is C16H32N2O. The molecule has 112 valence electrons. The number of ether oxygens (including phenoxy) is 1. The Morgan fingerprint density at radius 3 is 2.42 bits per heavy atom. The molecule has 0 radical (unpaired) electrons. The summed E-state index contributed by atoms with van der Waals surface area (Å²) in [5.41, 5.74) is 6.44. The van der Waals surface area contributed by atoms with E-state index < -0.39 is 0 Å². The van der Waals surface area contributed by atoms with Gasteiger partial charge in [-0.15, -0.1) is 0 Å². The van der Waals surface area contributed by atoms with E-state index in [0.717, 1.165) is 32.0 Å². The fourth-order valence-corrected chi connectivity index (χ4v) is 3.44. The van der Waals surface area contributed by atoms with Crippen LogP contribution >= 0.6 is 0 Å². The molecule has 0 bridgehead atoms. The van der Waals surface area contributed by atoms with Gasteiger partial charge in [-0.1, -0.05) is 27.7 Å². The fourth-order valence-electron chi connectivity index (χ4n) is 3.44. The molecule has 0 amide bonds. The molecule has 2 atom stereocenters. The van der Waals surface area contributed by atoms with Gasteiger partial charge in [0, 0.05) is 31.3 Å². The molecule has 1 heterocycles. The summed E-state index contributed by atoms with van der Waals surface area (Å²) in [6.07, 6.45) is 5.33. The van der Waals surface area contributed by atoms with Crippen molar-refractivity contribution in [2.75, 3.05) is 19.7 Å². The van der Waals surface area contributed by atoms with Crippen LogP contribution in [0.2, 0.25) is 0 Å². The smallest absolute Gasteiger partial charge is 0.0616 e. The van der Waals surface area contributed by atoms with E-state index in [1.807, 2.05) is 0 Å². The second kappa shape index (κ2) is 6.11. The molecule has 2 rings (SSSR count). The molecule has 1 aliphatic carbocycles. The second-order valence-electron chi connectivity index (χ2n) is 7.31. The van der Waals surface area contributed by atoms with Gasteiger partial charge in [-0.25, -0.2) is 0 Å². The predicted octanol–water partition coefficient (Wildman–Crippen LogP) is 2.64. The lowest BCUT2D eigenvalue weighted by molar-refractivity contribution is -0.0924. The molecule has 1 saturated carbocycles. The van der Waals surface area contributed by atoms with Crippen LogP contribution < -0.4 is 5.73 Å². The largest absolute Gasteiger partial charge is 0.378 e. The third-order valence-electron chi connectivity index (χ3n) is 4.76. The van der Waals surface area contributed by atoms with Gasteiger partial charge in [0.1, 0.15) is 0 Å². The highest BCUT2D eigenvalue weighted by atomic mass is 16.5. The maximum absolute atomic E-state index is 6.25. The van der Waals surface area contributed by atoms with Crippen LogP contribution in [0.5, 0.6) is 0 Å². The maximum atomic E-state index is 6.25. The molecule has 3 nitrogen and oxygen atoms in total. The minimum atomic E-state index is 0.193. The molecule has 0 aromatic rings. The van der Waals surface area contributed by atoms with E-state index in [1.165, 1.54) is 19.4 Å². The zero-order chi connectivity index (χ0) is 14.0. The Morgan fingerprint density at radius 2 is 1.95 bits per heavy atom. The third-order valence-corrected chi connectivity index (χ3v) is 4.76. The van der Waals surface area contributed by atoms with Gasteiger partial charge in [0.2, 0.25) is 0 Å². The van der Waals surface area contributed by atoms with Gasteiger partial charge in [0.15, 0.2) is 0 Å². The molecule has 19 heavy (non-hydrogen) atoms. The molecule has 0 aromatic heterocycles. The van der Waals surface area contributed by atoms with Gasteiger partial charge in [-0.3, -0.25) is 4.90 Å². The Morgan fingerprint density at radius 1 is 1.26 bits per heavy atom. The standard InChI is InChI=1S/C16H32N2O/c1-12(2)10-18(14-5-6-14)16(11-17)7-8-19-15(9-16)13(3)4/h12-15H,5-11,17H2,1-4H3. The molecule has 2 aliphatic rings. The van der Waals surface area contributed by atoms with Crippen molar-refractivity contribution in [2.24, 2.45) is 17.6 Å². The van der Waals surface area contributed by atoms with E-state index >= 15 is 0 Å². The molecule has 2 fully saturated rings. The van der Waals surface area contributed by atoms with Crippen LogP contribution in [-0.2, 0) is 4.74 Å². The van der Waals surface area contributed by atoms with Crippen LogP contribution in [0.3, 0.4) is 0 Å². The Kier molecular flexibility index (Phi) is 4.91. The molecule has 3 heteroatoms. The van der Waals surface area contributed by atoms with Crippen LogP contribution in [0, 0.1) is 11.8 Å². The fraction of sp³-hybridized carbons (Fsp3) is 1.00. The summed E-state index contributed by atoms with van der Waals surface area (Å²) in [4.78, 5) is 2.75. The molecule has 1 saturated heterocycles. The van der Waals surface area contributed by atoms with Crippen molar-refractivity contribution in [3.05, 3.63) is 0 Å². The highest BCUT2D eigenvalue weighted by molar-refractivity contribution is 5.02. The quantitative estimate of drug-likeness (QED) is 0.805. The first-order chi connectivity index (χ1) is 8.98. The van der Waals surface area contributed by atoms with Crippen LogP contribution in [0.1, 0.15) is 53.4 Å². The van der Waals surface area contributed by atoms with Crippen molar-refractivity contribution in [3.63, 3.8) is 0 Å². The molecule has 0 spiro atoms. The first kappa shape index (κ1) is 15.3. The Labute approximate surface area is 118 Å². The lowest BCUT2D eigenvalue weighted by Crippen LogP contribution is -2.60. The summed E-state index contributed by atoms with van der Waals surface area (Å²) >= 11 is 0. The molecule has 1 aliphatic heterocycles. The normalized spacial score (nSPS) is 32.5. The molecule has 2 unspecified atom stereocenters. The minimum absolute atomic E-state index is 0.193. The summed E-state index contributed by atoms with van der Waals surface area (Å²) in [7, 11) is 0. The molecule has 2 N–H and O–H groups in total. The molecule has 0 aromatic carbocycles. The van der Waals surface area contributed by atoms with Crippen LogP contribution in [0.25, 0.3) is 0 Å². The zero-order valence-electron chi connectivity index (χ0n) is 13.2. The Bertz CT molecular complexity index is 288. The van der Waals surface area contributed by atoms with Crippen molar-refractivity contribution < 1.29 is 4.74 Å². The summed E-state index contributed by atoms with van der Waals surface area (Å²) in [6.45, 7) is 12.0. The SMILES string of the molecule is CC(C)CN(C1CC1)C1(CN)CCOC(C(C)C)C1. The van der Waals surface area contributed by atoms with E-state index in [1.54, 1.807) is 0 Å². The highest BCUT2D eigenvalue weighted by Crippen LogP contribution is 2.40. The van der Waals surface area contributed by atoms with Crippen molar-refractivity contribution in [2.45, 2.75) is 71.1 Å². The number of rotatable bonds is 6. The summed E-state index contributed by atoms with van der Waals surface area (Å²) < 4.78 is 5.97. The van der Waals surface area contributed by atoms with Crippen LogP contribution in [-0.4, -0.2) is 42.3 Å². The van der Waals surface area contributed by atoms with E-state index in [-0.39, 0.29) is 5.54 Å². The molecular weight excluding hydrogens is 236 g/mol. The monoisotopic (exact) mass is 268 g/mol. The Hall–Kier alpha value is -0.120. The highest BCUT2D eigenvalue weighted by Gasteiger charge is 2.46. The Balaban J connectivity index is 2.13. The van der Waals surface area contributed by atoms with Gasteiger partial charge in [-0.05, 0) is 37.5 Å². The minimum Gasteiger partial charge on any atom is -0.378 e.